The highest BCUT2D eigenvalue weighted by Gasteiger charge is 1.87. The maximum Gasteiger partial charge on any atom is 0.229 e. The van der Waals surface area contributed by atoms with Crippen molar-refractivity contribution in [3.05, 3.63) is 43.2 Å². The molecule has 0 fully saturated rings. The fourth-order valence-corrected chi connectivity index (χ4v) is 0.667. The molecule has 0 saturated heterocycles. The second-order valence-electron chi connectivity index (χ2n) is 2.62. The van der Waals surface area contributed by atoms with E-state index in [9.17, 15) is 0 Å². The number of para-hydroxylation sites is 1. The maximum absolute atomic E-state index is 5.15. The first kappa shape index (κ1) is 17.0. The summed E-state index contributed by atoms with van der Waals surface area (Å²) in [5.41, 5.74) is 0. The van der Waals surface area contributed by atoms with E-state index in [-0.39, 0.29) is 6.79 Å². The molecule has 0 saturated carbocycles. The molecule has 0 heterocycles. The van der Waals surface area contributed by atoms with Crippen LogP contribution in [0.4, 0.5) is 0 Å². The number of hydrogen-bond acceptors (Lipinski definition) is 2. The van der Waals surface area contributed by atoms with Gasteiger partial charge in [-0.25, -0.2) is 0 Å². The Kier molecular flexibility index (Phi) is 17.0. The number of rotatable bonds is 4. The Morgan fingerprint density at radius 2 is 1.62 bits per heavy atom. The summed E-state index contributed by atoms with van der Waals surface area (Å²) >= 11 is 0. The van der Waals surface area contributed by atoms with Crippen LogP contribution in [-0.4, -0.2) is 6.79 Å². The third-order valence-electron chi connectivity index (χ3n) is 1.15. The fraction of sp³-hybridized carbons (Fsp3) is 0.429. The van der Waals surface area contributed by atoms with Gasteiger partial charge in [0.25, 0.3) is 0 Å². The molecule has 0 unspecified atom stereocenters. The summed E-state index contributed by atoms with van der Waals surface area (Å²) in [6, 6.07) is 9.48. The summed E-state index contributed by atoms with van der Waals surface area (Å²) in [5.74, 6) is 0.800. The van der Waals surface area contributed by atoms with Gasteiger partial charge < -0.3 is 9.47 Å². The third-order valence-corrected chi connectivity index (χ3v) is 1.15. The normalized spacial score (nSPS) is 7.50. The molecule has 0 aliphatic heterocycles. The molecule has 0 spiro atoms. The Hall–Kier alpha value is -1.44. The molecule has 1 aromatic rings. The smallest absolute Gasteiger partial charge is 0.229 e. The molecule has 92 valence electrons. The lowest BCUT2D eigenvalue weighted by atomic mass is 10.3. The van der Waals surface area contributed by atoms with E-state index in [2.05, 4.69) is 20.4 Å². The minimum atomic E-state index is 0.216. The van der Waals surface area contributed by atoms with Crippen LogP contribution in [0.2, 0.25) is 0 Å². The average molecular weight is 224 g/mol. The Morgan fingerprint density at radius 3 is 2.06 bits per heavy atom. The molecule has 1 aromatic carbocycles. The Balaban J connectivity index is 0. The van der Waals surface area contributed by atoms with E-state index in [1.54, 1.807) is 0 Å². The van der Waals surface area contributed by atoms with E-state index >= 15 is 0 Å². The Morgan fingerprint density at radius 1 is 1.12 bits per heavy atom. The first-order valence-corrected chi connectivity index (χ1v) is 5.75. The van der Waals surface area contributed by atoms with Crippen LogP contribution < -0.4 is 4.74 Å². The van der Waals surface area contributed by atoms with Gasteiger partial charge in [0.05, 0.1) is 6.26 Å². The van der Waals surface area contributed by atoms with Gasteiger partial charge in [0.1, 0.15) is 5.75 Å². The molecule has 16 heavy (non-hydrogen) atoms. The van der Waals surface area contributed by atoms with Gasteiger partial charge in [0.15, 0.2) is 0 Å². The van der Waals surface area contributed by atoms with Crippen LogP contribution in [0.5, 0.6) is 5.75 Å². The number of hydrogen-bond donors (Lipinski definition) is 0. The van der Waals surface area contributed by atoms with Gasteiger partial charge in [-0.15, -0.1) is 0 Å². The summed E-state index contributed by atoms with van der Waals surface area (Å²) < 4.78 is 9.93. The largest absolute Gasteiger partial charge is 0.466 e. The lowest BCUT2D eigenvalue weighted by Crippen LogP contribution is -1.97. The standard InChI is InChI=1S/C9H10O2.C3H8.C2H6/c1-2-10-8-11-9-6-4-3-5-7-9;1-3-2;1-2/h2-7H,1,8H2;3H2,1-2H3;1-2H3. The zero-order valence-corrected chi connectivity index (χ0v) is 10.9. The van der Waals surface area contributed by atoms with E-state index in [1.807, 2.05) is 44.2 Å². The van der Waals surface area contributed by atoms with Crippen molar-refractivity contribution in [1.82, 2.24) is 0 Å². The van der Waals surface area contributed by atoms with E-state index < -0.39 is 0 Å². The molecule has 1 rings (SSSR count). The second kappa shape index (κ2) is 16.0. The van der Waals surface area contributed by atoms with Crippen molar-refractivity contribution in [2.75, 3.05) is 6.79 Å². The number of benzene rings is 1. The summed E-state index contributed by atoms with van der Waals surface area (Å²) in [7, 11) is 0. The molecule has 0 aromatic heterocycles. The van der Waals surface area contributed by atoms with Gasteiger partial charge in [-0.3, -0.25) is 0 Å². The quantitative estimate of drug-likeness (QED) is 0.422. The Bertz CT molecular complexity index is 219. The predicted molar refractivity (Wildman–Crippen MR) is 70.5 cm³/mol. The van der Waals surface area contributed by atoms with Gasteiger partial charge in [0.2, 0.25) is 6.79 Å². The van der Waals surface area contributed by atoms with Crippen molar-refractivity contribution >= 4 is 0 Å². The summed E-state index contributed by atoms with van der Waals surface area (Å²) in [6.45, 7) is 11.9. The summed E-state index contributed by atoms with van der Waals surface area (Å²) in [4.78, 5) is 0. The zero-order chi connectivity index (χ0) is 12.6. The molecule has 0 aliphatic carbocycles. The Labute approximate surface area is 99.9 Å². The van der Waals surface area contributed by atoms with Crippen molar-refractivity contribution in [3.8, 4) is 5.75 Å². The first-order valence-electron chi connectivity index (χ1n) is 5.75. The monoisotopic (exact) mass is 224 g/mol. The zero-order valence-electron chi connectivity index (χ0n) is 10.9. The van der Waals surface area contributed by atoms with E-state index in [1.165, 1.54) is 12.7 Å². The highest BCUT2D eigenvalue weighted by molar-refractivity contribution is 5.20. The highest BCUT2D eigenvalue weighted by Crippen LogP contribution is 2.07. The molecule has 0 bridgehead atoms. The highest BCUT2D eigenvalue weighted by atomic mass is 16.7. The topological polar surface area (TPSA) is 18.5 Å². The molecule has 0 radical (unpaired) electrons. The van der Waals surface area contributed by atoms with Crippen LogP contribution in [0, 0.1) is 0 Å². The molecular formula is C14H24O2. The van der Waals surface area contributed by atoms with Gasteiger partial charge >= 0.3 is 0 Å². The van der Waals surface area contributed by atoms with Crippen molar-refractivity contribution in [3.63, 3.8) is 0 Å². The van der Waals surface area contributed by atoms with Gasteiger partial charge in [-0.1, -0.05) is 58.9 Å². The molecule has 0 aliphatic rings. The van der Waals surface area contributed by atoms with E-state index in [0.29, 0.717) is 0 Å². The van der Waals surface area contributed by atoms with Crippen molar-refractivity contribution in [2.24, 2.45) is 0 Å². The van der Waals surface area contributed by atoms with Gasteiger partial charge in [-0.05, 0) is 12.1 Å². The van der Waals surface area contributed by atoms with Crippen LogP contribution in [0.3, 0.4) is 0 Å². The van der Waals surface area contributed by atoms with Crippen LogP contribution >= 0.6 is 0 Å². The fourth-order valence-electron chi connectivity index (χ4n) is 0.667. The van der Waals surface area contributed by atoms with Crippen molar-refractivity contribution in [2.45, 2.75) is 34.1 Å². The average Bonchev–Trinajstić information content (AvgIpc) is 2.34. The molecule has 0 amide bonds. The second-order valence-corrected chi connectivity index (χ2v) is 2.62. The minimum Gasteiger partial charge on any atom is -0.466 e. The molecule has 2 heteroatoms. The van der Waals surface area contributed by atoms with Crippen molar-refractivity contribution < 1.29 is 9.47 Å². The van der Waals surface area contributed by atoms with Gasteiger partial charge in [-0.2, -0.15) is 0 Å². The molecule has 2 nitrogen and oxygen atoms in total. The molecular weight excluding hydrogens is 200 g/mol. The van der Waals surface area contributed by atoms with E-state index in [0.717, 1.165) is 5.75 Å². The third kappa shape index (κ3) is 12.6. The van der Waals surface area contributed by atoms with Crippen LogP contribution in [0.15, 0.2) is 43.2 Å². The van der Waals surface area contributed by atoms with E-state index in [4.69, 9.17) is 9.47 Å². The van der Waals surface area contributed by atoms with Crippen LogP contribution in [0.25, 0.3) is 0 Å². The summed E-state index contributed by atoms with van der Waals surface area (Å²) in [5, 5.41) is 0. The lowest BCUT2D eigenvalue weighted by molar-refractivity contribution is 0.0807. The van der Waals surface area contributed by atoms with Crippen LogP contribution in [-0.2, 0) is 4.74 Å². The van der Waals surface area contributed by atoms with Crippen LogP contribution in [0.1, 0.15) is 34.1 Å². The van der Waals surface area contributed by atoms with Crippen molar-refractivity contribution in [1.29, 1.82) is 0 Å². The SMILES string of the molecule is C=COCOc1ccccc1.CC.CCC. The van der Waals surface area contributed by atoms with Gasteiger partial charge in [0, 0.05) is 0 Å². The maximum atomic E-state index is 5.15. The lowest BCUT2D eigenvalue weighted by Gasteiger charge is -2.03. The first-order chi connectivity index (χ1) is 7.85. The number of ether oxygens (including phenoxy) is 2. The molecule has 0 N–H and O–H groups in total. The summed E-state index contributed by atoms with van der Waals surface area (Å²) in [6.07, 6.45) is 2.60. The minimum absolute atomic E-state index is 0.216. The predicted octanol–water partition coefficient (Wildman–Crippen LogP) is 4.63. The molecule has 0 atom stereocenters.